The van der Waals surface area contributed by atoms with Crippen LogP contribution in [-0.2, 0) is 19.9 Å². The largest absolute Gasteiger partial charge is 0.465 e. The highest BCUT2D eigenvalue weighted by Crippen LogP contribution is 2.35. The van der Waals surface area contributed by atoms with Crippen molar-refractivity contribution < 1.29 is 33.7 Å². The van der Waals surface area contributed by atoms with E-state index in [2.05, 4.69) is 15.4 Å². The van der Waals surface area contributed by atoms with Crippen LogP contribution in [0.1, 0.15) is 22.8 Å². The number of methoxy groups -OCH3 is 1. The van der Waals surface area contributed by atoms with Crippen LogP contribution in [0.4, 0.5) is 5.69 Å². The van der Waals surface area contributed by atoms with E-state index < -0.39 is 23.4 Å². The molecular weight excluding hydrogens is 380 g/mol. The summed E-state index contributed by atoms with van der Waals surface area (Å²) < 4.78 is 15.1. The van der Waals surface area contributed by atoms with Gasteiger partial charge in [-0.1, -0.05) is 6.07 Å². The summed E-state index contributed by atoms with van der Waals surface area (Å²) in [6, 6.07) is 10.8. The van der Waals surface area contributed by atoms with Gasteiger partial charge >= 0.3 is 17.8 Å². The van der Waals surface area contributed by atoms with Gasteiger partial charge in [0.15, 0.2) is 11.5 Å². The number of carbonyl (C=O) groups excluding carboxylic acids is 3. The molecule has 152 valence electrons. The van der Waals surface area contributed by atoms with Crippen LogP contribution in [-0.4, -0.2) is 43.3 Å². The molecule has 0 unspecified atom stereocenters. The van der Waals surface area contributed by atoms with E-state index in [4.69, 9.17) is 9.47 Å². The maximum atomic E-state index is 12.1. The average molecular weight is 400 g/mol. The lowest BCUT2D eigenvalue weighted by Crippen LogP contribution is -2.43. The lowest BCUT2D eigenvalue weighted by molar-refractivity contribution is -0.136. The molecule has 0 aliphatic carbocycles. The molecule has 2 aromatic rings. The number of hydrogen-bond acceptors (Lipinski definition) is 7. The van der Waals surface area contributed by atoms with Gasteiger partial charge in [0.05, 0.1) is 19.2 Å². The van der Waals surface area contributed by atoms with E-state index in [-0.39, 0.29) is 13.3 Å². The van der Waals surface area contributed by atoms with Gasteiger partial charge in [-0.05, 0) is 48.9 Å². The Kier molecular flexibility index (Phi) is 5.69. The summed E-state index contributed by atoms with van der Waals surface area (Å²) in [5.41, 5.74) is -0.282. The number of fused-ring (bicyclic) bond motifs is 1. The number of carbonyl (C=O) groups is 3. The second kappa shape index (κ2) is 8.19. The normalized spacial score (nSPS) is 13.9. The fraction of sp³-hybridized carbons (Fsp3) is 0.250. The Balaban J connectivity index is 1.56. The van der Waals surface area contributed by atoms with Gasteiger partial charge in [0.25, 0.3) is 0 Å². The first kappa shape index (κ1) is 20.2. The van der Waals surface area contributed by atoms with E-state index in [0.717, 1.165) is 0 Å². The fourth-order valence-electron chi connectivity index (χ4n) is 2.66. The minimum Gasteiger partial charge on any atom is -0.465 e. The fourth-order valence-corrected chi connectivity index (χ4v) is 2.66. The Labute approximate surface area is 166 Å². The van der Waals surface area contributed by atoms with Gasteiger partial charge in [-0.2, -0.15) is 0 Å². The third kappa shape index (κ3) is 4.64. The molecule has 3 rings (SSSR count). The predicted molar refractivity (Wildman–Crippen MR) is 102 cm³/mol. The molecule has 1 aliphatic rings. The molecule has 2 aromatic carbocycles. The minimum absolute atomic E-state index is 0.110. The Hall–Kier alpha value is -3.59. The first-order valence-electron chi connectivity index (χ1n) is 8.70. The average Bonchev–Trinajstić information content (AvgIpc) is 3.20. The Morgan fingerprint density at radius 3 is 2.45 bits per heavy atom. The van der Waals surface area contributed by atoms with Crippen LogP contribution in [0, 0.1) is 0 Å². The highest BCUT2D eigenvalue weighted by atomic mass is 16.7. The summed E-state index contributed by atoms with van der Waals surface area (Å²) in [6.45, 7) is 1.42. The van der Waals surface area contributed by atoms with Crippen LogP contribution in [0.3, 0.4) is 0 Å². The number of nitrogens with one attached hydrogen (secondary N) is 2. The number of esters is 1. The maximum Gasteiger partial charge on any atom is 0.337 e. The van der Waals surface area contributed by atoms with Crippen LogP contribution >= 0.6 is 0 Å². The Morgan fingerprint density at radius 2 is 1.76 bits per heavy atom. The van der Waals surface area contributed by atoms with Crippen molar-refractivity contribution in [2.75, 3.05) is 25.8 Å². The summed E-state index contributed by atoms with van der Waals surface area (Å²) in [5, 5.41) is 15.5. The van der Waals surface area contributed by atoms with Crippen LogP contribution in [0.5, 0.6) is 11.5 Å². The summed E-state index contributed by atoms with van der Waals surface area (Å²) in [5.74, 6) is -1.25. The Bertz CT molecular complexity index is 938. The Morgan fingerprint density at radius 1 is 1.07 bits per heavy atom. The van der Waals surface area contributed by atoms with Gasteiger partial charge in [-0.3, -0.25) is 9.59 Å². The number of ether oxygens (including phenoxy) is 3. The standard InChI is InChI=1S/C20H20N2O7/c1-20(26,13-5-8-15-16(9-13)29-11-28-15)10-21-17(23)18(24)22-14-6-3-12(4-7-14)19(25)27-2/h3-9,26H,10-11H2,1-2H3,(H,21,23)(H,22,24)/t20-/m1/s1. The monoisotopic (exact) mass is 400 g/mol. The first-order chi connectivity index (χ1) is 13.8. The first-order valence-corrected chi connectivity index (χ1v) is 8.70. The van der Waals surface area contributed by atoms with Crippen LogP contribution in [0.25, 0.3) is 0 Å². The summed E-state index contributed by atoms with van der Waals surface area (Å²) >= 11 is 0. The molecule has 0 spiro atoms. The summed E-state index contributed by atoms with van der Waals surface area (Å²) in [6.07, 6.45) is 0. The van der Waals surface area contributed by atoms with Crippen molar-refractivity contribution in [3.05, 3.63) is 53.6 Å². The number of hydrogen-bond donors (Lipinski definition) is 3. The van der Waals surface area contributed by atoms with E-state index in [0.29, 0.717) is 28.3 Å². The van der Waals surface area contributed by atoms with Crippen LogP contribution < -0.4 is 20.1 Å². The van der Waals surface area contributed by atoms with Crippen molar-refractivity contribution in [1.82, 2.24) is 5.32 Å². The molecule has 1 aliphatic heterocycles. The quantitative estimate of drug-likeness (QED) is 0.508. The van der Waals surface area contributed by atoms with Crippen molar-refractivity contribution >= 4 is 23.5 Å². The molecular formula is C20H20N2O7. The molecule has 1 heterocycles. The van der Waals surface area contributed by atoms with Crippen molar-refractivity contribution in [3.63, 3.8) is 0 Å². The van der Waals surface area contributed by atoms with E-state index in [1.165, 1.54) is 38.3 Å². The van der Waals surface area contributed by atoms with Gasteiger partial charge in [-0.25, -0.2) is 4.79 Å². The molecule has 29 heavy (non-hydrogen) atoms. The van der Waals surface area contributed by atoms with Crippen LogP contribution in [0.15, 0.2) is 42.5 Å². The van der Waals surface area contributed by atoms with Gasteiger partial charge < -0.3 is 30.0 Å². The molecule has 0 fully saturated rings. The number of anilines is 1. The topological polar surface area (TPSA) is 123 Å². The molecule has 3 N–H and O–H groups in total. The van der Waals surface area contributed by atoms with Crippen molar-refractivity contribution in [2.24, 2.45) is 0 Å². The maximum absolute atomic E-state index is 12.1. The molecule has 0 aromatic heterocycles. The zero-order valence-electron chi connectivity index (χ0n) is 15.9. The second-order valence-electron chi connectivity index (χ2n) is 6.55. The SMILES string of the molecule is COC(=O)c1ccc(NC(=O)C(=O)NC[C@@](C)(O)c2ccc3c(c2)OCO3)cc1. The van der Waals surface area contributed by atoms with E-state index >= 15 is 0 Å². The van der Waals surface area contributed by atoms with Gasteiger partial charge in [0.1, 0.15) is 5.60 Å². The molecule has 2 amide bonds. The molecule has 1 atom stereocenters. The summed E-state index contributed by atoms with van der Waals surface area (Å²) in [4.78, 5) is 35.5. The number of benzene rings is 2. The lowest BCUT2D eigenvalue weighted by Gasteiger charge is -2.24. The van der Waals surface area contributed by atoms with Crippen molar-refractivity contribution in [3.8, 4) is 11.5 Å². The number of rotatable bonds is 5. The van der Waals surface area contributed by atoms with E-state index in [1.54, 1.807) is 18.2 Å². The third-order valence-electron chi connectivity index (χ3n) is 4.36. The highest BCUT2D eigenvalue weighted by Gasteiger charge is 2.27. The van der Waals surface area contributed by atoms with E-state index in [1.807, 2.05) is 0 Å². The lowest BCUT2D eigenvalue weighted by atomic mass is 9.95. The van der Waals surface area contributed by atoms with Crippen molar-refractivity contribution in [1.29, 1.82) is 0 Å². The van der Waals surface area contributed by atoms with Gasteiger partial charge in [0, 0.05) is 5.69 Å². The predicted octanol–water partition coefficient (Wildman–Crippen LogP) is 1.16. The van der Waals surface area contributed by atoms with Crippen LogP contribution in [0.2, 0.25) is 0 Å². The zero-order chi connectivity index (χ0) is 21.0. The highest BCUT2D eigenvalue weighted by molar-refractivity contribution is 6.39. The van der Waals surface area contributed by atoms with Gasteiger partial charge in [-0.15, -0.1) is 0 Å². The number of aliphatic hydroxyl groups is 1. The zero-order valence-corrected chi connectivity index (χ0v) is 15.9. The molecule has 0 saturated heterocycles. The molecule has 0 saturated carbocycles. The minimum atomic E-state index is -1.43. The van der Waals surface area contributed by atoms with Crippen molar-refractivity contribution in [2.45, 2.75) is 12.5 Å². The smallest absolute Gasteiger partial charge is 0.337 e. The third-order valence-corrected chi connectivity index (χ3v) is 4.36. The second-order valence-corrected chi connectivity index (χ2v) is 6.55. The molecule has 9 heteroatoms. The molecule has 0 bridgehead atoms. The van der Waals surface area contributed by atoms with Gasteiger partial charge in [0.2, 0.25) is 6.79 Å². The summed E-state index contributed by atoms with van der Waals surface area (Å²) in [7, 11) is 1.26. The number of amides is 2. The molecule has 9 nitrogen and oxygen atoms in total. The van der Waals surface area contributed by atoms with E-state index in [9.17, 15) is 19.5 Å². The molecule has 0 radical (unpaired) electrons.